The largest absolute Gasteiger partial charge is 0.445 e. The highest BCUT2D eigenvalue weighted by Crippen LogP contribution is 2.39. The van der Waals surface area contributed by atoms with Crippen molar-refractivity contribution < 1.29 is 19.4 Å². The van der Waals surface area contributed by atoms with E-state index in [0.29, 0.717) is 12.8 Å². The number of aliphatic hydroxyl groups is 1. The van der Waals surface area contributed by atoms with Crippen molar-refractivity contribution in [2.24, 2.45) is 5.73 Å². The number of rotatable bonds is 9. The average Bonchev–Trinajstić information content (AvgIpc) is 3.33. The predicted molar refractivity (Wildman–Crippen MR) is 149 cm³/mol. The van der Waals surface area contributed by atoms with E-state index in [0.717, 1.165) is 34.9 Å². The molecule has 1 aliphatic heterocycles. The third-order valence-electron chi connectivity index (χ3n) is 7.55. The van der Waals surface area contributed by atoms with Crippen molar-refractivity contribution in [3.05, 3.63) is 83.9 Å². The molecule has 0 spiro atoms. The summed E-state index contributed by atoms with van der Waals surface area (Å²) in [6.07, 6.45) is 0.229. The average molecular weight is 518 g/mol. The second-order valence-corrected chi connectivity index (χ2v) is 11.3. The molecule has 0 bridgehead atoms. The summed E-state index contributed by atoms with van der Waals surface area (Å²) in [4.78, 5) is 27.8. The van der Waals surface area contributed by atoms with Crippen molar-refractivity contribution >= 4 is 22.8 Å². The maximum absolute atomic E-state index is 12.9. The lowest BCUT2D eigenvalue weighted by Crippen LogP contribution is -2.62. The zero-order valence-electron chi connectivity index (χ0n) is 22.5. The van der Waals surface area contributed by atoms with Crippen LogP contribution in [0.5, 0.6) is 0 Å². The molecule has 0 radical (unpaired) electrons. The highest BCUT2D eigenvalue weighted by molar-refractivity contribution is 5.85. The molecular formula is C31H39N3O4. The number of primary amides is 1. The van der Waals surface area contributed by atoms with Crippen LogP contribution in [0.2, 0.25) is 0 Å². The van der Waals surface area contributed by atoms with Crippen molar-refractivity contribution in [1.29, 1.82) is 0 Å². The fourth-order valence-corrected chi connectivity index (χ4v) is 5.73. The van der Waals surface area contributed by atoms with Crippen LogP contribution in [0.1, 0.15) is 51.2 Å². The molecule has 202 valence electrons. The zero-order chi connectivity index (χ0) is 27.3. The normalized spacial score (nSPS) is 19.7. The van der Waals surface area contributed by atoms with Gasteiger partial charge in [-0.15, -0.1) is 0 Å². The van der Waals surface area contributed by atoms with E-state index < -0.39 is 29.7 Å². The molecule has 3 aromatic carbocycles. The Balaban J connectivity index is 1.57. The zero-order valence-corrected chi connectivity index (χ0v) is 22.5. The molecule has 4 rings (SSSR count). The molecule has 0 unspecified atom stereocenters. The number of nitrogens with one attached hydrogen (secondary N) is 1. The van der Waals surface area contributed by atoms with Gasteiger partial charge in [-0.25, -0.2) is 4.79 Å². The smallest absolute Gasteiger partial charge is 0.407 e. The molecule has 0 aliphatic carbocycles. The second kappa shape index (κ2) is 11.5. The summed E-state index contributed by atoms with van der Waals surface area (Å²) in [6, 6.07) is 22.9. The molecule has 38 heavy (non-hydrogen) atoms. The van der Waals surface area contributed by atoms with E-state index in [1.54, 1.807) is 0 Å². The minimum atomic E-state index is -1.03. The highest BCUT2D eigenvalue weighted by atomic mass is 16.5. The monoisotopic (exact) mass is 517 g/mol. The standard InChI is InChI=1S/C31H39N3O4/c1-30(2,3)34-17-9-16-31(34,28(32)36)20-27(35)26(33-29(37)38-21-22-10-5-4-6-11-22)19-23-14-15-24-12-7-8-13-25(24)18-23/h4-8,10-15,18,26-27,35H,9,16-17,19-21H2,1-3H3,(H2,32,36)(H,33,37)/t26-,27+,31+/m0/s1. The molecule has 3 aromatic rings. The van der Waals surface area contributed by atoms with Crippen molar-refractivity contribution in [3.8, 4) is 0 Å². The van der Waals surface area contributed by atoms with Crippen LogP contribution in [0.3, 0.4) is 0 Å². The fraction of sp³-hybridized carbons (Fsp3) is 0.419. The van der Waals surface area contributed by atoms with Crippen molar-refractivity contribution in [3.63, 3.8) is 0 Å². The maximum atomic E-state index is 12.9. The Kier molecular flexibility index (Phi) is 8.38. The number of fused-ring (bicyclic) bond motifs is 1. The van der Waals surface area contributed by atoms with Gasteiger partial charge in [-0.3, -0.25) is 9.69 Å². The van der Waals surface area contributed by atoms with Crippen LogP contribution in [-0.4, -0.2) is 51.8 Å². The van der Waals surface area contributed by atoms with Gasteiger partial charge in [-0.05, 0) is 68.5 Å². The number of hydrogen-bond acceptors (Lipinski definition) is 5. The van der Waals surface area contributed by atoms with E-state index in [9.17, 15) is 14.7 Å². The molecule has 3 atom stereocenters. The quantitative estimate of drug-likeness (QED) is 0.386. The third kappa shape index (κ3) is 6.34. The Labute approximate surface area is 225 Å². The SMILES string of the molecule is CC(C)(C)N1CCC[C@@]1(C[C@@H](O)[C@H](Cc1ccc2ccccc2c1)NC(=O)OCc1ccccc1)C(N)=O. The van der Waals surface area contributed by atoms with E-state index in [2.05, 4.69) is 16.3 Å². The second-order valence-electron chi connectivity index (χ2n) is 11.3. The van der Waals surface area contributed by atoms with Gasteiger partial charge in [0.15, 0.2) is 0 Å². The van der Waals surface area contributed by atoms with Gasteiger partial charge in [0.05, 0.1) is 12.1 Å². The molecule has 2 amide bonds. The van der Waals surface area contributed by atoms with Crippen LogP contribution < -0.4 is 11.1 Å². The molecule has 1 fully saturated rings. The lowest BCUT2D eigenvalue weighted by Gasteiger charge is -2.45. The minimum absolute atomic E-state index is 0.120. The van der Waals surface area contributed by atoms with Gasteiger partial charge >= 0.3 is 6.09 Å². The van der Waals surface area contributed by atoms with Gasteiger partial charge in [-0.1, -0.05) is 72.8 Å². The van der Waals surface area contributed by atoms with Crippen LogP contribution in [0.15, 0.2) is 72.8 Å². The van der Waals surface area contributed by atoms with E-state index in [-0.39, 0.29) is 18.6 Å². The van der Waals surface area contributed by atoms with Gasteiger partial charge in [0.2, 0.25) is 5.91 Å². The first-order chi connectivity index (χ1) is 18.1. The number of benzene rings is 3. The number of nitrogens with two attached hydrogens (primary N) is 1. The molecule has 7 nitrogen and oxygen atoms in total. The molecule has 0 saturated carbocycles. The van der Waals surface area contributed by atoms with Crippen LogP contribution in [-0.2, 0) is 22.6 Å². The molecule has 1 heterocycles. The Morgan fingerprint density at radius 3 is 2.39 bits per heavy atom. The fourth-order valence-electron chi connectivity index (χ4n) is 5.73. The van der Waals surface area contributed by atoms with E-state index >= 15 is 0 Å². The maximum Gasteiger partial charge on any atom is 0.407 e. The summed E-state index contributed by atoms with van der Waals surface area (Å²) in [7, 11) is 0. The number of amides is 2. The van der Waals surface area contributed by atoms with Gasteiger partial charge in [0, 0.05) is 12.0 Å². The number of ether oxygens (including phenoxy) is 1. The Morgan fingerprint density at radius 2 is 1.71 bits per heavy atom. The lowest BCUT2D eigenvalue weighted by molar-refractivity contribution is -0.134. The number of aliphatic hydroxyl groups excluding tert-OH is 1. The number of alkyl carbamates (subject to hydrolysis) is 1. The van der Waals surface area contributed by atoms with Crippen LogP contribution in [0, 0.1) is 0 Å². The topological polar surface area (TPSA) is 105 Å². The Morgan fingerprint density at radius 1 is 1.03 bits per heavy atom. The molecular weight excluding hydrogens is 478 g/mol. The first kappa shape index (κ1) is 27.6. The highest BCUT2D eigenvalue weighted by Gasteiger charge is 2.51. The Bertz CT molecular complexity index is 1260. The van der Waals surface area contributed by atoms with Crippen LogP contribution in [0.25, 0.3) is 10.8 Å². The summed E-state index contributed by atoms with van der Waals surface area (Å²) in [5.74, 6) is -0.444. The number of carbonyl (C=O) groups excluding carboxylic acids is 2. The lowest BCUT2D eigenvalue weighted by atomic mass is 9.82. The van der Waals surface area contributed by atoms with Gasteiger partial charge in [-0.2, -0.15) is 0 Å². The summed E-state index contributed by atoms with van der Waals surface area (Å²) in [5.41, 5.74) is 6.53. The molecule has 4 N–H and O–H groups in total. The van der Waals surface area contributed by atoms with Gasteiger partial charge in [0.25, 0.3) is 0 Å². The van der Waals surface area contributed by atoms with Crippen LogP contribution in [0.4, 0.5) is 4.79 Å². The predicted octanol–water partition coefficient (Wildman–Crippen LogP) is 4.55. The molecule has 7 heteroatoms. The summed E-state index contributed by atoms with van der Waals surface area (Å²) in [5, 5.41) is 16.6. The van der Waals surface area contributed by atoms with E-state index in [4.69, 9.17) is 10.5 Å². The van der Waals surface area contributed by atoms with E-state index in [1.807, 2.05) is 87.5 Å². The van der Waals surface area contributed by atoms with Crippen molar-refractivity contribution in [2.75, 3.05) is 6.54 Å². The first-order valence-electron chi connectivity index (χ1n) is 13.3. The molecule has 1 aliphatic rings. The molecule has 1 saturated heterocycles. The summed E-state index contributed by atoms with van der Waals surface area (Å²) >= 11 is 0. The Hall–Kier alpha value is -3.42. The van der Waals surface area contributed by atoms with Gasteiger partial charge < -0.3 is 20.9 Å². The van der Waals surface area contributed by atoms with Gasteiger partial charge in [0.1, 0.15) is 12.1 Å². The molecule has 0 aromatic heterocycles. The van der Waals surface area contributed by atoms with E-state index in [1.165, 1.54) is 0 Å². The number of nitrogens with zero attached hydrogens (tertiary/aromatic N) is 1. The third-order valence-corrected chi connectivity index (χ3v) is 7.55. The summed E-state index contributed by atoms with van der Waals surface area (Å²) < 4.78 is 5.47. The van der Waals surface area contributed by atoms with Crippen LogP contribution >= 0.6 is 0 Å². The number of hydrogen-bond donors (Lipinski definition) is 3. The number of carbonyl (C=O) groups is 2. The van der Waals surface area contributed by atoms with Crippen molar-refractivity contribution in [2.45, 2.75) is 76.3 Å². The minimum Gasteiger partial charge on any atom is -0.445 e. The first-order valence-corrected chi connectivity index (χ1v) is 13.3. The summed E-state index contributed by atoms with van der Waals surface area (Å²) in [6.45, 7) is 6.99. The number of likely N-dealkylation sites (tertiary alicyclic amines) is 1. The van der Waals surface area contributed by atoms with Crippen molar-refractivity contribution in [1.82, 2.24) is 10.2 Å².